The molecule has 17 heavy (non-hydrogen) atoms. The van der Waals surface area contributed by atoms with Gasteiger partial charge in [0.2, 0.25) is 0 Å². The van der Waals surface area contributed by atoms with Crippen molar-refractivity contribution in [1.82, 2.24) is 10.2 Å². The van der Waals surface area contributed by atoms with E-state index in [1.807, 2.05) is 24.3 Å². The fourth-order valence-corrected chi connectivity index (χ4v) is 2.38. The van der Waals surface area contributed by atoms with E-state index in [2.05, 4.69) is 32.8 Å². The van der Waals surface area contributed by atoms with Gasteiger partial charge in [0, 0.05) is 21.4 Å². The summed E-state index contributed by atoms with van der Waals surface area (Å²) in [6.45, 7) is 0.714. The van der Waals surface area contributed by atoms with Crippen molar-refractivity contribution in [2.75, 3.05) is 11.4 Å². The van der Waals surface area contributed by atoms with Crippen LogP contribution in [0, 0.1) is 3.57 Å². The van der Waals surface area contributed by atoms with E-state index in [1.54, 1.807) is 11.1 Å². The molecule has 4 nitrogen and oxygen atoms in total. The van der Waals surface area contributed by atoms with Gasteiger partial charge in [0.05, 0.1) is 6.20 Å². The molecule has 0 radical (unpaired) electrons. The van der Waals surface area contributed by atoms with Crippen molar-refractivity contribution in [3.05, 3.63) is 45.3 Å². The van der Waals surface area contributed by atoms with Gasteiger partial charge >= 0.3 is 0 Å². The number of amides is 1. The summed E-state index contributed by atoms with van der Waals surface area (Å²) in [5.41, 5.74) is 2.57. The molecule has 86 valence electrons. The molecule has 1 N–H and O–H groups in total. The zero-order chi connectivity index (χ0) is 11.8. The van der Waals surface area contributed by atoms with E-state index in [0.717, 1.165) is 21.2 Å². The van der Waals surface area contributed by atoms with E-state index >= 15 is 0 Å². The zero-order valence-electron chi connectivity index (χ0n) is 8.98. The van der Waals surface area contributed by atoms with Crippen molar-refractivity contribution in [3.63, 3.8) is 0 Å². The first-order chi connectivity index (χ1) is 8.25. The molecule has 3 rings (SSSR count). The highest BCUT2D eigenvalue weighted by Gasteiger charge is 2.26. The molecule has 0 spiro atoms. The van der Waals surface area contributed by atoms with Gasteiger partial charge in [0.15, 0.2) is 0 Å². The van der Waals surface area contributed by atoms with Gasteiger partial charge in [-0.05, 0) is 53.3 Å². The zero-order valence-corrected chi connectivity index (χ0v) is 11.1. The van der Waals surface area contributed by atoms with Crippen molar-refractivity contribution < 1.29 is 4.79 Å². The van der Waals surface area contributed by atoms with Gasteiger partial charge in [-0.2, -0.15) is 5.10 Å². The molecule has 0 bridgehead atoms. The molecule has 1 aromatic heterocycles. The van der Waals surface area contributed by atoms with Crippen LogP contribution in [0.25, 0.3) is 0 Å². The number of aromatic amines is 1. The lowest BCUT2D eigenvalue weighted by Gasteiger charge is -2.26. The third-order valence-corrected chi connectivity index (χ3v) is 3.64. The predicted octanol–water partition coefficient (Wildman–Crippen LogP) is 2.22. The van der Waals surface area contributed by atoms with Crippen LogP contribution in [0.1, 0.15) is 16.1 Å². The van der Waals surface area contributed by atoms with Crippen LogP contribution < -0.4 is 4.90 Å². The summed E-state index contributed by atoms with van der Waals surface area (Å²) < 4.78 is 1.16. The molecule has 2 heterocycles. The molecule has 0 saturated heterocycles. The van der Waals surface area contributed by atoms with E-state index in [9.17, 15) is 4.79 Å². The third kappa shape index (κ3) is 1.84. The maximum absolute atomic E-state index is 12.2. The van der Waals surface area contributed by atoms with E-state index in [0.29, 0.717) is 12.2 Å². The van der Waals surface area contributed by atoms with Crippen molar-refractivity contribution >= 4 is 34.2 Å². The second-order valence-electron chi connectivity index (χ2n) is 3.95. The third-order valence-electron chi connectivity index (χ3n) is 2.92. The second kappa shape index (κ2) is 4.14. The predicted molar refractivity (Wildman–Crippen MR) is 73.1 cm³/mol. The van der Waals surface area contributed by atoms with Crippen LogP contribution in [0.4, 0.5) is 5.69 Å². The van der Waals surface area contributed by atoms with E-state index < -0.39 is 0 Å². The Morgan fingerprint density at radius 3 is 2.82 bits per heavy atom. The minimum Gasteiger partial charge on any atom is -0.307 e. The highest BCUT2D eigenvalue weighted by Crippen LogP contribution is 2.23. The molecule has 2 aromatic rings. The molecular formula is C12H10IN3O. The van der Waals surface area contributed by atoms with E-state index in [1.165, 1.54) is 0 Å². The maximum atomic E-state index is 12.2. The van der Waals surface area contributed by atoms with Crippen LogP contribution in [0.5, 0.6) is 0 Å². The van der Waals surface area contributed by atoms with E-state index in [-0.39, 0.29) is 5.91 Å². The lowest BCUT2D eigenvalue weighted by molar-refractivity contribution is 0.0976. The highest BCUT2D eigenvalue weighted by atomic mass is 127. The average Bonchev–Trinajstić information content (AvgIpc) is 2.80. The van der Waals surface area contributed by atoms with Crippen molar-refractivity contribution in [1.29, 1.82) is 0 Å². The molecule has 0 atom stereocenters. The number of fused-ring (bicyclic) bond motifs is 1. The van der Waals surface area contributed by atoms with Crippen LogP contribution in [0.2, 0.25) is 0 Å². The Hall–Kier alpha value is -1.37. The lowest BCUT2D eigenvalue weighted by Crippen LogP contribution is -2.37. The number of rotatable bonds is 1. The summed E-state index contributed by atoms with van der Waals surface area (Å²) in [5, 5.41) is 6.70. The Morgan fingerprint density at radius 1 is 1.29 bits per heavy atom. The van der Waals surface area contributed by atoms with Crippen molar-refractivity contribution in [3.8, 4) is 0 Å². The van der Waals surface area contributed by atoms with Crippen LogP contribution in [0.3, 0.4) is 0 Å². The minimum absolute atomic E-state index is 0.00459. The van der Waals surface area contributed by atoms with Gasteiger partial charge in [-0.15, -0.1) is 0 Å². The Morgan fingerprint density at radius 2 is 2.06 bits per heavy atom. The fraction of sp³-hybridized carbons (Fsp3) is 0.167. The summed E-state index contributed by atoms with van der Waals surface area (Å²) in [4.78, 5) is 14.0. The summed E-state index contributed by atoms with van der Waals surface area (Å²) in [7, 11) is 0. The summed E-state index contributed by atoms with van der Waals surface area (Å²) in [6.07, 6.45) is 2.59. The summed E-state index contributed by atoms with van der Waals surface area (Å²) in [5.74, 6) is 0.00459. The topological polar surface area (TPSA) is 49.0 Å². The molecule has 0 fully saturated rings. The molecule has 5 heteroatoms. The first kappa shape index (κ1) is 10.8. The number of H-pyrrole nitrogens is 1. The maximum Gasteiger partial charge on any atom is 0.276 e. The molecule has 1 aliphatic rings. The summed E-state index contributed by atoms with van der Waals surface area (Å²) >= 11 is 2.25. The van der Waals surface area contributed by atoms with E-state index in [4.69, 9.17) is 0 Å². The molecule has 0 saturated carbocycles. The number of nitrogens with one attached hydrogen (secondary N) is 1. The standard InChI is InChI=1S/C12H10IN3O/c13-9-1-3-10(4-2-9)16-6-5-8-7-14-15-11(8)12(16)17/h1-4,7H,5-6H2,(H,14,15). The van der Waals surface area contributed by atoms with Gasteiger partial charge in [0.1, 0.15) is 5.69 Å². The number of carbonyl (C=O) groups excluding carboxylic acids is 1. The van der Waals surface area contributed by atoms with Crippen LogP contribution in [0.15, 0.2) is 30.5 Å². The van der Waals surface area contributed by atoms with Crippen LogP contribution >= 0.6 is 22.6 Å². The van der Waals surface area contributed by atoms with Crippen LogP contribution in [-0.2, 0) is 6.42 Å². The average molecular weight is 339 g/mol. The van der Waals surface area contributed by atoms with Crippen molar-refractivity contribution in [2.45, 2.75) is 6.42 Å². The normalized spacial score (nSPS) is 14.9. The Labute approximate surface area is 112 Å². The molecule has 0 aliphatic carbocycles. The number of carbonyl (C=O) groups is 1. The smallest absolute Gasteiger partial charge is 0.276 e. The Kier molecular flexibility index (Phi) is 2.62. The molecule has 1 aromatic carbocycles. The fourth-order valence-electron chi connectivity index (χ4n) is 2.02. The van der Waals surface area contributed by atoms with Crippen LogP contribution in [-0.4, -0.2) is 22.6 Å². The first-order valence-corrected chi connectivity index (χ1v) is 6.43. The molecule has 1 aliphatic heterocycles. The molecular weight excluding hydrogens is 329 g/mol. The number of benzene rings is 1. The first-order valence-electron chi connectivity index (χ1n) is 5.35. The highest BCUT2D eigenvalue weighted by molar-refractivity contribution is 14.1. The Bertz CT molecular complexity index is 561. The second-order valence-corrected chi connectivity index (χ2v) is 5.20. The van der Waals surface area contributed by atoms with Gasteiger partial charge in [-0.25, -0.2) is 0 Å². The SMILES string of the molecule is O=C1c2[nH]ncc2CCN1c1ccc(I)cc1. The number of aromatic nitrogens is 2. The number of nitrogens with zero attached hydrogens (tertiary/aromatic N) is 2. The van der Waals surface area contributed by atoms with Gasteiger partial charge in [-0.3, -0.25) is 9.89 Å². The molecule has 0 unspecified atom stereocenters. The number of anilines is 1. The number of hydrogen-bond acceptors (Lipinski definition) is 2. The van der Waals surface area contributed by atoms with Gasteiger partial charge in [0.25, 0.3) is 5.91 Å². The minimum atomic E-state index is 0.00459. The van der Waals surface area contributed by atoms with Crippen molar-refractivity contribution in [2.24, 2.45) is 0 Å². The summed E-state index contributed by atoms with van der Waals surface area (Å²) in [6, 6.07) is 7.96. The lowest BCUT2D eigenvalue weighted by atomic mass is 10.1. The monoisotopic (exact) mass is 339 g/mol. The van der Waals surface area contributed by atoms with Gasteiger partial charge < -0.3 is 4.90 Å². The largest absolute Gasteiger partial charge is 0.307 e. The Balaban J connectivity index is 1.96. The number of halogens is 1. The van der Waals surface area contributed by atoms with Gasteiger partial charge in [-0.1, -0.05) is 0 Å². The number of hydrogen-bond donors (Lipinski definition) is 1. The quantitative estimate of drug-likeness (QED) is 0.810. The molecule has 1 amide bonds.